The third kappa shape index (κ3) is 3.81. The molecule has 0 amide bonds. The quantitative estimate of drug-likeness (QED) is 0.805. The van der Waals surface area contributed by atoms with Crippen molar-refractivity contribution in [2.24, 2.45) is 0 Å². The first-order valence-corrected chi connectivity index (χ1v) is 5.25. The van der Waals surface area contributed by atoms with E-state index in [0.717, 1.165) is 12.2 Å². The van der Waals surface area contributed by atoms with Gasteiger partial charge in [0.05, 0.1) is 6.61 Å². The SMILES string of the molecule is CCCOc1ccc(O[C@@H](C)C(=O)O)cc1. The molecule has 0 aliphatic heterocycles. The largest absolute Gasteiger partial charge is 0.494 e. The van der Waals surface area contributed by atoms with Gasteiger partial charge >= 0.3 is 5.97 Å². The van der Waals surface area contributed by atoms with Crippen molar-refractivity contribution >= 4 is 5.97 Å². The highest BCUT2D eigenvalue weighted by molar-refractivity contribution is 5.72. The Morgan fingerprint density at radius 1 is 1.31 bits per heavy atom. The Hall–Kier alpha value is -1.71. The van der Waals surface area contributed by atoms with Gasteiger partial charge in [0.2, 0.25) is 0 Å². The third-order valence-electron chi connectivity index (χ3n) is 1.96. The molecular weight excluding hydrogens is 208 g/mol. The van der Waals surface area contributed by atoms with E-state index in [1.54, 1.807) is 24.3 Å². The summed E-state index contributed by atoms with van der Waals surface area (Å²) in [5.74, 6) is 0.308. The van der Waals surface area contributed by atoms with Gasteiger partial charge in [-0.2, -0.15) is 0 Å². The number of hydrogen-bond donors (Lipinski definition) is 1. The van der Waals surface area contributed by atoms with Crippen LogP contribution in [0.3, 0.4) is 0 Å². The smallest absolute Gasteiger partial charge is 0.344 e. The predicted octanol–water partition coefficient (Wildman–Crippen LogP) is 2.33. The van der Waals surface area contributed by atoms with Gasteiger partial charge in [-0.3, -0.25) is 0 Å². The number of aliphatic carboxylic acids is 1. The first kappa shape index (κ1) is 12.4. The van der Waals surface area contributed by atoms with Gasteiger partial charge in [-0.25, -0.2) is 4.79 Å². The van der Waals surface area contributed by atoms with Crippen LogP contribution in [0.15, 0.2) is 24.3 Å². The summed E-state index contributed by atoms with van der Waals surface area (Å²) in [5.41, 5.74) is 0. The van der Waals surface area contributed by atoms with Gasteiger partial charge in [-0.15, -0.1) is 0 Å². The Morgan fingerprint density at radius 3 is 2.38 bits per heavy atom. The lowest BCUT2D eigenvalue weighted by Crippen LogP contribution is -2.22. The second-order valence-electron chi connectivity index (χ2n) is 3.42. The standard InChI is InChI=1S/C12H16O4/c1-3-8-15-10-4-6-11(7-5-10)16-9(2)12(13)14/h4-7,9H,3,8H2,1-2H3,(H,13,14)/t9-/m0/s1. The van der Waals surface area contributed by atoms with Crippen molar-refractivity contribution in [3.63, 3.8) is 0 Å². The fourth-order valence-corrected chi connectivity index (χ4v) is 1.09. The Labute approximate surface area is 94.8 Å². The van der Waals surface area contributed by atoms with Crippen molar-refractivity contribution in [1.29, 1.82) is 0 Å². The summed E-state index contributed by atoms with van der Waals surface area (Å²) < 4.78 is 10.6. The average Bonchev–Trinajstić information content (AvgIpc) is 2.28. The molecule has 1 aromatic carbocycles. The number of carboxylic acids is 1. The zero-order chi connectivity index (χ0) is 12.0. The summed E-state index contributed by atoms with van der Waals surface area (Å²) in [5, 5.41) is 8.66. The average molecular weight is 224 g/mol. The molecule has 0 aliphatic rings. The van der Waals surface area contributed by atoms with E-state index >= 15 is 0 Å². The molecule has 0 saturated heterocycles. The second kappa shape index (κ2) is 6.00. The molecule has 1 atom stereocenters. The minimum Gasteiger partial charge on any atom is -0.494 e. The molecule has 0 unspecified atom stereocenters. The van der Waals surface area contributed by atoms with Gasteiger partial charge in [-0.1, -0.05) is 6.92 Å². The van der Waals surface area contributed by atoms with Crippen LogP contribution in [0.2, 0.25) is 0 Å². The van der Waals surface area contributed by atoms with Crippen molar-refractivity contribution in [3.05, 3.63) is 24.3 Å². The molecule has 4 heteroatoms. The van der Waals surface area contributed by atoms with E-state index in [2.05, 4.69) is 0 Å². The first-order valence-electron chi connectivity index (χ1n) is 5.25. The van der Waals surface area contributed by atoms with Crippen LogP contribution in [0.4, 0.5) is 0 Å². The van der Waals surface area contributed by atoms with E-state index in [1.807, 2.05) is 6.92 Å². The van der Waals surface area contributed by atoms with Crippen LogP contribution in [0.25, 0.3) is 0 Å². The highest BCUT2D eigenvalue weighted by atomic mass is 16.5. The van der Waals surface area contributed by atoms with E-state index in [0.29, 0.717) is 12.4 Å². The predicted molar refractivity (Wildman–Crippen MR) is 60.0 cm³/mol. The van der Waals surface area contributed by atoms with Crippen molar-refractivity contribution in [3.8, 4) is 11.5 Å². The maximum atomic E-state index is 10.6. The molecule has 0 spiro atoms. The lowest BCUT2D eigenvalue weighted by molar-refractivity contribution is -0.144. The van der Waals surface area contributed by atoms with Crippen molar-refractivity contribution in [2.45, 2.75) is 26.4 Å². The van der Waals surface area contributed by atoms with Crippen LogP contribution >= 0.6 is 0 Å². The van der Waals surface area contributed by atoms with Gasteiger partial charge in [0.1, 0.15) is 11.5 Å². The molecule has 0 heterocycles. The Kier molecular flexibility index (Phi) is 4.64. The number of rotatable bonds is 6. The number of carboxylic acid groups (broad SMARTS) is 1. The van der Waals surface area contributed by atoms with Gasteiger partial charge < -0.3 is 14.6 Å². The molecule has 0 aliphatic carbocycles. The van der Waals surface area contributed by atoms with E-state index < -0.39 is 12.1 Å². The highest BCUT2D eigenvalue weighted by Gasteiger charge is 2.11. The summed E-state index contributed by atoms with van der Waals surface area (Å²) >= 11 is 0. The fraction of sp³-hybridized carbons (Fsp3) is 0.417. The van der Waals surface area contributed by atoms with Crippen molar-refractivity contribution < 1.29 is 19.4 Å². The maximum Gasteiger partial charge on any atom is 0.344 e. The molecule has 0 bridgehead atoms. The zero-order valence-electron chi connectivity index (χ0n) is 9.47. The fourth-order valence-electron chi connectivity index (χ4n) is 1.09. The maximum absolute atomic E-state index is 10.6. The lowest BCUT2D eigenvalue weighted by Gasteiger charge is -2.11. The number of carbonyl (C=O) groups is 1. The van der Waals surface area contributed by atoms with Crippen molar-refractivity contribution in [2.75, 3.05) is 6.61 Å². The van der Waals surface area contributed by atoms with Gasteiger partial charge in [0.25, 0.3) is 0 Å². The molecule has 1 aromatic rings. The summed E-state index contributed by atoms with van der Waals surface area (Å²) in [7, 11) is 0. The summed E-state index contributed by atoms with van der Waals surface area (Å²) in [4.78, 5) is 10.6. The van der Waals surface area contributed by atoms with Crippen LogP contribution in [0.5, 0.6) is 11.5 Å². The normalized spacial score (nSPS) is 11.9. The summed E-state index contributed by atoms with van der Waals surface area (Å²) in [6.07, 6.45) is 0.108. The van der Waals surface area contributed by atoms with E-state index in [4.69, 9.17) is 14.6 Å². The summed E-state index contributed by atoms with van der Waals surface area (Å²) in [6.45, 7) is 4.20. The Bertz CT molecular complexity index is 331. The van der Waals surface area contributed by atoms with Crippen LogP contribution in [0, 0.1) is 0 Å². The van der Waals surface area contributed by atoms with Gasteiger partial charge in [-0.05, 0) is 37.6 Å². The molecule has 0 aromatic heterocycles. The Balaban J connectivity index is 2.54. The number of benzene rings is 1. The summed E-state index contributed by atoms with van der Waals surface area (Å²) in [6, 6.07) is 6.92. The molecule has 0 saturated carbocycles. The van der Waals surface area contributed by atoms with Gasteiger partial charge in [0.15, 0.2) is 6.10 Å². The Morgan fingerprint density at radius 2 is 1.88 bits per heavy atom. The van der Waals surface area contributed by atoms with Crippen LogP contribution in [-0.4, -0.2) is 23.8 Å². The molecule has 0 fully saturated rings. The zero-order valence-corrected chi connectivity index (χ0v) is 9.47. The van der Waals surface area contributed by atoms with E-state index in [1.165, 1.54) is 6.92 Å². The molecule has 0 radical (unpaired) electrons. The molecular formula is C12H16O4. The molecule has 4 nitrogen and oxygen atoms in total. The van der Waals surface area contributed by atoms with Crippen LogP contribution in [-0.2, 0) is 4.79 Å². The topological polar surface area (TPSA) is 55.8 Å². The highest BCUT2D eigenvalue weighted by Crippen LogP contribution is 2.18. The number of ether oxygens (including phenoxy) is 2. The molecule has 1 N–H and O–H groups in total. The van der Waals surface area contributed by atoms with Crippen LogP contribution in [0.1, 0.15) is 20.3 Å². The van der Waals surface area contributed by atoms with E-state index in [-0.39, 0.29) is 0 Å². The van der Waals surface area contributed by atoms with E-state index in [9.17, 15) is 4.79 Å². The lowest BCUT2D eigenvalue weighted by atomic mass is 10.3. The van der Waals surface area contributed by atoms with Gasteiger partial charge in [0, 0.05) is 0 Å². The molecule has 88 valence electrons. The molecule has 1 rings (SSSR count). The third-order valence-corrected chi connectivity index (χ3v) is 1.96. The molecule has 16 heavy (non-hydrogen) atoms. The number of hydrogen-bond acceptors (Lipinski definition) is 3. The van der Waals surface area contributed by atoms with Crippen LogP contribution < -0.4 is 9.47 Å². The first-order chi connectivity index (χ1) is 7.63. The monoisotopic (exact) mass is 224 g/mol. The minimum absolute atomic E-state index is 0.527. The minimum atomic E-state index is -0.980. The second-order valence-corrected chi connectivity index (χ2v) is 3.42. The van der Waals surface area contributed by atoms with Crippen molar-refractivity contribution in [1.82, 2.24) is 0 Å².